The molecule has 2 heterocycles. The van der Waals surface area contributed by atoms with E-state index in [1.807, 2.05) is 97.2 Å². The minimum Gasteiger partial charge on any atom is -0.459 e. The first-order valence-corrected chi connectivity index (χ1v) is 15.3. The Bertz CT molecular complexity index is 1900. The number of anilines is 1. The van der Waals surface area contributed by atoms with E-state index in [4.69, 9.17) is 26.1 Å². The third-order valence-electron chi connectivity index (χ3n) is 9.14. The van der Waals surface area contributed by atoms with E-state index in [1.165, 1.54) is 5.56 Å². The van der Waals surface area contributed by atoms with Crippen molar-refractivity contribution in [2.24, 2.45) is 4.99 Å². The summed E-state index contributed by atoms with van der Waals surface area (Å²) in [4.78, 5) is 20.2. The average molecular weight is 601 g/mol. The molecule has 220 valence electrons. The summed E-state index contributed by atoms with van der Waals surface area (Å²) in [7, 11) is 2.05. The molecule has 0 aliphatic carbocycles. The summed E-state index contributed by atoms with van der Waals surface area (Å²) < 4.78 is 12.6. The third kappa shape index (κ3) is 4.63. The normalized spacial score (nSPS) is 18.5. The molecule has 2 aliphatic heterocycles. The van der Waals surface area contributed by atoms with E-state index in [9.17, 15) is 4.79 Å². The molecule has 5 aromatic carbocycles. The van der Waals surface area contributed by atoms with Gasteiger partial charge in [0.2, 0.25) is 5.72 Å². The standard InChI is InChI=1S/C38H33ClN2O3/c1-37(2)31-11-7-8-12-33(31)41(3)38(37)24-40-35-30-23-29(20-18-26(30)19-22-34(35)44-38)43-36(42)28-16-13-25(14-17-28)15-21-32(39)27-9-5-4-6-10-27/h4-14,16-20,22-24,32H,15,21H2,1-3H3. The number of halogens is 1. The van der Waals surface area contributed by atoms with Gasteiger partial charge in [0.05, 0.1) is 22.6 Å². The Morgan fingerprint density at radius 3 is 2.43 bits per heavy atom. The third-order valence-corrected chi connectivity index (χ3v) is 9.61. The van der Waals surface area contributed by atoms with Crippen LogP contribution in [0.15, 0.2) is 114 Å². The van der Waals surface area contributed by atoms with Crippen LogP contribution in [0.25, 0.3) is 10.8 Å². The molecule has 0 aromatic heterocycles. The Labute approximate surface area is 262 Å². The zero-order valence-corrected chi connectivity index (χ0v) is 25.7. The number of rotatable bonds is 6. The lowest BCUT2D eigenvalue weighted by atomic mass is 9.77. The highest BCUT2D eigenvalue weighted by molar-refractivity contribution is 6.20. The number of para-hydroxylation sites is 1. The van der Waals surface area contributed by atoms with Crippen LogP contribution >= 0.6 is 11.6 Å². The van der Waals surface area contributed by atoms with Crippen LogP contribution in [0.5, 0.6) is 11.5 Å². The number of fused-ring (bicyclic) bond motifs is 4. The fourth-order valence-corrected chi connectivity index (χ4v) is 6.77. The van der Waals surface area contributed by atoms with Crippen molar-refractivity contribution in [3.8, 4) is 11.5 Å². The van der Waals surface area contributed by atoms with Gasteiger partial charge < -0.3 is 14.4 Å². The van der Waals surface area contributed by atoms with Gasteiger partial charge in [-0.1, -0.05) is 72.8 Å². The van der Waals surface area contributed by atoms with Crippen molar-refractivity contribution in [1.82, 2.24) is 0 Å². The van der Waals surface area contributed by atoms with Gasteiger partial charge in [0.15, 0.2) is 0 Å². The first-order chi connectivity index (χ1) is 21.3. The van der Waals surface area contributed by atoms with Crippen LogP contribution in [0.2, 0.25) is 0 Å². The smallest absolute Gasteiger partial charge is 0.343 e. The van der Waals surface area contributed by atoms with Crippen LogP contribution < -0.4 is 14.4 Å². The molecule has 7 rings (SSSR count). The number of esters is 1. The number of benzene rings is 5. The van der Waals surface area contributed by atoms with Gasteiger partial charge in [0.25, 0.3) is 0 Å². The summed E-state index contributed by atoms with van der Waals surface area (Å²) >= 11 is 6.59. The lowest BCUT2D eigenvalue weighted by Crippen LogP contribution is -2.61. The number of hydrogen-bond donors (Lipinski definition) is 0. The molecule has 1 spiro atoms. The maximum absolute atomic E-state index is 13.1. The van der Waals surface area contributed by atoms with Gasteiger partial charge in [-0.2, -0.15) is 0 Å². The summed E-state index contributed by atoms with van der Waals surface area (Å²) in [6, 6.07) is 35.6. The van der Waals surface area contributed by atoms with Gasteiger partial charge in [-0.3, -0.25) is 4.99 Å². The van der Waals surface area contributed by atoms with Gasteiger partial charge in [-0.05, 0) is 85.2 Å². The fraction of sp³-hybridized carbons (Fsp3) is 0.211. The first-order valence-electron chi connectivity index (χ1n) is 14.9. The molecule has 0 N–H and O–H groups in total. The molecule has 2 aliphatic rings. The van der Waals surface area contributed by atoms with E-state index in [0.29, 0.717) is 17.1 Å². The number of ether oxygens (including phenoxy) is 2. The summed E-state index contributed by atoms with van der Waals surface area (Å²) in [6.07, 6.45) is 3.54. The lowest BCUT2D eigenvalue weighted by Gasteiger charge is -2.45. The van der Waals surface area contributed by atoms with Gasteiger partial charge in [-0.15, -0.1) is 11.6 Å². The molecule has 44 heavy (non-hydrogen) atoms. The molecule has 5 aromatic rings. The zero-order chi connectivity index (χ0) is 30.5. The van der Waals surface area contributed by atoms with Crippen LogP contribution in [-0.2, 0) is 11.8 Å². The summed E-state index contributed by atoms with van der Waals surface area (Å²) in [5.41, 5.74) is 4.70. The quantitative estimate of drug-likeness (QED) is 0.111. The topological polar surface area (TPSA) is 51.1 Å². The van der Waals surface area contributed by atoms with Crippen molar-refractivity contribution in [3.63, 3.8) is 0 Å². The number of likely N-dealkylation sites (N-methyl/N-ethyl adjacent to an activating group) is 1. The van der Waals surface area contributed by atoms with Crippen molar-refractivity contribution in [1.29, 1.82) is 0 Å². The molecule has 0 saturated heterocycles. The molecule has 5 nitrogen and oxygen atoms in total. The van der Waals surface area contributed by atoms with Crippen LogP contribution in [0, 0.1) is 0 Å². The van der Waals surface area contributed by atoms with Crippen molar-refractivity contribution in [2.45, 2.75) is 43.2 Å². The second-order valence-corrected chi connectivity index (χ2v) is 12.6. The highest BCUT2D eigenvalue weighted by atomic mass is 35.5. The van der Waals surface area contributed by atoms with Crippen LogP contribution in [0.4, 0.5) is 11.4 Å². The Kier molecular flexibility index (Phi) is 6.94. The van der Waals surface area contributed by atoms with Crippen molar-refractivity contribution in [2.75, 3.05) is 11.9 Å². The Morgan fingerprint density at radius 1 is 0.932 bits per heavy atom. The predicted molar refractivity (Wildman–Crippen MR) is 178 cm³/mol. The maximum atomic E-state index is 13.1. The zero-order valence-electron chi connectivity index (χ0n) is 25.0. The lowest BCUT2D eigenvalue weighted by molar-refractivity contribution is 0.0735. The summed E-state index contributed by atoms with van der Waals surface area (Å²) in [6.45, 7) is 4.38. The van der Waals surface area contributed by atoms with Crippen molar-refractivity contribution >= 4 is 45.9 Å². The summed E-state index contributed by atoms with van der Waals surface area (Å²) in [5, 5.41) is 1.79. The SMILES string of the molecule is CN1c2ccccc2C(C)(C)C12C=Nc1c(ccc3ccc(OC(=O)c4ccc(CCC(Cl)c5ccccc5)cc4)cc13)O2. The van der Waals surface area contributed by atoms with Gasteiger partial charge in [-0.25, -0.2) is 4.79 Å². The molecule has 0 fully saturated rings. The first kappa shape index (κ1) is 28.2. The van der Waals surface area contributed by atoms with Crippen LogP contribution in [-0.4, -0.2) is 25.0 Å². The largest absolute Gasteiger partial charge is 0.459 e. The number of nitrogens with zero attached hydrogens (tertiary/aromatic N) is 2. The van der Waals surface area contributed by atoms with E-state index in [-0.39, 0.29) is 10.8 Å². The number of hydrogen-bond acceptors (Lipinski definition) is 5. The molecule has 0 radical (unpaired) electrons. The van der Waals surface area contributed by atoms with Crippen molar-refractivity contribution < 1.29 is 14.3 Å². The van der Waals surface area contributed by atoms with Gasteiger partial charge in [0, 0.05) is 18.1 Å². The Balaban J connectivity index is 1.08. The number of carbonyl (C=O) groups excluding carboxylic acids is 1. The van der Waals surface area contributed by atoms with E-state index >= 15 is 0 Å². The average Bonchev–Trinajstić information content (AvgIpc) is 3.21. The monoisotopic (exact) mass is 600 g/mol. The minimum absolute atomic E-state index is 0.0541. The van der Waals surface area contributed by atoms with E-state index < -0.39 is 11.7 Å². The highest BCUT2D eigenvalue weighted by Gasteiger charge is 2.58. The van der Waals surface area contributed by atoms with E-state index in [1.54, 1.807) is 0 Å². The highest BCUT2D eigenvalue weighted by Crippen LogP contribution is 2.54. The van der Waals surface area contributed by atoms with Crippen molar-refractivity contribution in [3.05, 3.63) is 131 Å². The van der Waals surface area contributed by atoms with E-state index in [2.05, 4.69) is 44.0 Å². The maximum Gasteiger partial charge on any atom is 0.343 e. The molecule has 0 bridgehead atoms. The second kappa shape index (κ2) is 10.8. The molecule has 6 heteroatoms. The Morgan fingerprint density at radius 2 is 1.66 bits per heavy atom. The Hall–Kier alpha value is -4.61. The van der Waals surface area contributed by atoms with Crippen LogP contribution in [0.1, 0.15) is 52.7 Å². The number of aliphatic imine (C=N–C) groups is 1. The van der Waals surface area contributed by atoms with Crippen LogP contribution in [0.3, 0.4) is 0 Å². The number of carbonyl (C=O) groups is 1. The fourth-order valence-electron chi connectivity index (χ4n) is 6.51. The minimum atomic E-state index is -0.764. The predicted octanol–water partition coefficient (Wildman–Crippen LogP) is 9.19. The molecule has 2 atom stereocenters. The molecular weight excluding hydrogens is 568 g/mol. The number of alkyl halides is 1. The summed E-state index contributed by atoms with van der Waals surface area (Å²) in [5.74, 6) is 0.735. The molecule has 2 unspecified atom stereocenters. The van der Waals surface area contributed by atoms with E-state index in [0.717, 1.165) is 46.1 Å². The molecular formula is C38H33ClN2O3. The second-order valence-electron chi connectivity index (χ2n) is 12.1. The molecule has 0 amide bonds. The van der Waals surface area contributed by atoms with Gasteiger partial charge in [0.1, 0.15) is 17.2 Å². The van der Waals surface area contributed by atoms with Gasteiger partial charge >= 0.3 is 5.97 Å². The number of aryl methyl sites for hydroxylation is 1. The molecule has 0 saturated carbocycles.